The summed E-state index contributed by atoms with van der Waals surface area (Å²) in [5.41, 5.74) is 0. The van der Waals surface area contributed by atoms with Gasteiger partial charge in [0.1, 0.15) is 18.3 Å². The van der Waals surface area contributed by atoms with Crippen LogP contribution in [0, 0.1) is 0 Å². The van der Waals surface area contributed by atoms with Gasteiger partial charge in [0.15, 0.2) is 6.10 Å². The van der Waals surface area contributed by atoms with E-state index in [9.17, 15) is 25.2 Å². The third kappa shape index (κ3) is 14.4. The summed E-state index contributed by atoms with van der Waals surface area (Å²) in [5.74, 6) is -0.417. The Labute approximate surface area is 205 Å². The maximum atomic E-state index is 12.0. The normalized spacial score (nSPS) is 22.3. The number of carbonyl (C=O) groups excluding carboxylic acids is 1. The number of carbonyl (C=O) groups is 1. The number of rotatable bonds is 21. The smallest absolute Gasteiger partial charge is 0.306 e. The van der Waals surface area contributed by atoms with Gasteiger partial charge in [-0.05, 0) is 38.5 Å². The van der Waals surface area contributed by atoms with E-state index in [2.05, 4.69) is 12.2 Å². The van der Waals surface area contributed by atoms with Crippen LogP contribution in [0.15, 0.2) is 12.2 Å². The predicted octanol–water partition coefficient (Wildman–Crippen LogP) is 2.77. The molecule has 8 heteroatoms. The highest BCUT2D eigenvalue weighted by Gasteiger charge is 2.41. The van der Waals surface area contributed by atoms with E-state index in [1.807, 2.05) is 0 Å². The monoisotopic (exact) mass is 488 g/mol. The molecule has 0 radical (unpaired) electrons. The lowest BCUT2D eigenvalue weighted by Gasteiger charge is -2.24. The zero-order chi connectivity index (χ0) is 25.0. The number of aliphatic hydroxyl groups excluding tert-OH is 5. The largest absolute Gasteiger partial charge is 0.457 e. The average molecular weight is 489 g/mol. The summed E-state index contributed by atoms with van der Waals surface area (Å²) >= 11 is 0. The highest BCUT2D eigenvalue weighted by atomic mass is 16.6. The van der Waals surface area contributed by atoms with Crippen molar-refractivity contribution in [2.24, 2.45) is 0 Å². The Balaban J connectivity index is 1.89. The van der Waals surface area contributed by atoms with Gasteiger partial charge in [-0.1, -0.05) is 63.5 Å². The van der Waals surface area contributed by atoms with Crippen LogP contribution in [0.2, 0.25) is 0 Å². The molecule has 0 aliphatic carbocycles. The van der Waals surface area contributed by atoms with Crippen molar-refractivity contribution in [1.29, 1.82) is 0 Å². The van der Waals surface area contributed by atoms with Gasteiger partial charge in [0.05, 0.1) is 25.9 Å². The molecule has 0 spiro atoms. The molecule has 5 N–H and O–H groups in total. The second-order valence-electron chi connectivity index (χ2n) is 9.38. The molecule has 34 heavy (non-hydrogen) atoms. The Morgan fingerprint density at radius 3 is 1.94 bits per heavy atom. The van der Waals surface area contributed by atoms with E-state index in [0.717, 1.165) is 57.8 Å². The fourth-order valence-electron chi connectivity index (χ4n) is 4.13. The molecular weight excluding hydrogens is 440 g/mol. The molecule has 0 bridgehead atoms. The Morgan fingerprint density at radius 1 is 0.853 bits per heavy atom. The summed E-state index contributed by atoms with van der Waals surface area (Å²) in [6.07, 6.45) is 15.2. The number of hydrogen-bond acceptors (Lipinski definition) is 8. The van der Waals surface area contributed by atoms with Crippen LogP contribution in [0.1, 0.15) is 96.3 Å². The Morgan fingerprint density at radius 2 is 1.41 bits per heavy atom. The second-order valence-corrected chi connectivity index (χ2v) is 9.38. The van der Waals surface area contributed by atoms with Gasteiger partial charge in [-0.25, -0.2) is 0 Å². The molecule has 1 unspecified atom stereocenters. The minimum Gasteiger partial charge on any atom is -0.457 e. The lowest BCUT2D eigenvalue weighted by molar-refractivity contribution is -0.162. The molecule has 1 aliphatic heterocycles. The maximum absolute atomic E-state index is 12.0. The van der Waals surface area contributed by atoms with Crippen molar-refractivity contribution in [3.05, 3.63) is 12.2 Å². The fraction of sp³-hybridized carbons (Fsp3) is 0.885. The number of unbranched alkanes of at least 4 members (excludes halogenated alkanes) is 11. The quantitative estimate of drug-likeness (QED) is 0.0945. The van der Waals surface area contributed by atoms with E-state index in [0.29, 0.717) is 6.42 Å². The molecule has 200 valence electrons. The van der Waals surface area contributed by atoms with Crippen molar-refractivity contribution in [3.63, 3.8) is 0 Å². The van der Waals surface area contributed by atoms with Gasteiger partial charge < -0.3 is 35.0 Å². The molecule has 0 aromatic rings. The molecule has 5 atom stereocenters. The van der Waals surface area contributed by atoms with Crippen molar-refractivity contribution < 1.29 is 39.8 Å². The molecule has 0 aromatic carbocycles. The van der Waals surface area contributed by atoms with Gasteiger partial charge in [-0.15, -0.1) is 0 Å². The van der Waals surface area contributed by atoms with Gasteiger partial charge >= 0.3 is 5.97 Å². The number of allylic oxidation sites excluding steroid dienone is 2. The van der Waals surface area contributed by atoms with Crippen LogP contribution < -0.4 is 0 Å². The van der Waals surface area contributed by atoms with Crippen LogP contribution in [0.4, 0.5) is 0 Å². The Hall–Kier alpha value is -1.03. The Kier molecular flexibility index (Phi) is 18.4. The van der Waals surface area contributed by atoms with Crippen LogP contribution >= 0.6 is 0 Å². The van der Waals surface area contributed by atoms with E-state index in [4.69, 9.17) is 14.6 Å². The highest BCUT2D eigenvalue weighted by Crippen LogP contribution is 2.20. The molecule has 1 aliphatic rings. The standard InChI is InChI=1S/C26H48O8/c27-18-21(29)16-14-12-10-8-6-4-2-1-3-5-7-9-11-13-15-17-24(31)34-23(19-28)26-25(32)22(30)20-33-26/h1,3,21-23,25-30,32H,2,4-20H2/t21?,22-,23+,25+,26+/m0/s1. The van der Waals surface area contributed by atoms with E-state index < -0.39 is 43.1 Å². The second kappa shape index (κ2) is 20.2. The van der Waals surface area contributed by atoms with Crippen LogP contribution in [0.3, 0.4) is 0 Å². The SMILES string of the molecule is O=C(CCCCCCCC=CCCCCCCCCC(O)CO)O[C@H](CO)[C@H]1OC[C@H](O)[C@H]1O. The van der Waals surface area contributed by atoms with Crippen molar-refractivity contribution in [2.75, 3.05) is 19.8 Å². The zero-order valence-corrected chi connectivity index (χ0v) is 20.7. The molecule has 0 amide bonds. The van der Waals surface area contributed by atoms with Crippen LogP contribution in [0.25, 0.3) is 0 Å². The number of hydrogen-bond donors (Lipinski definition) is 5. The zero-order valence-electron chi connectivity index (χ0n) is 20.7. The van der Waals surface area contributed by atoms with E-state index in [1.165, 1.54) is 25.7 Å². The average Bonchev–Trinajstić information content (AvgIpc) is 3.17. The lowest BCUT2D eigenvalue weighted by Crippen LogP contribution is -2.43. The summed E-state index contributed by atoms with van der Waals surface area (Å²) in [7, 11) is 0. The summed E-state index contributed by atoms with van der Waals surface area (Å²) in [6.45, 7) is -0.617. The molecule has 1 heterocycles. The van der Waals surface area contributed by atoms with E-state index >= 15 is 0 Å². The van der Waals surface area contributed by atoms with Crippen molar-refractivity contribution in [3.8, 4) is 0 Å². The first-order valence-corrected chi connectivity index (χ1v) is 13.2. The highest BCUT2D eigenvalue weighted by molar-refractivity contribution is 5.69. The molecule has 0 saturated carbocycles. The van der Waals surface area contributed by atoms with Crippen LogP contribution in [-0.4, -0.2) is 81.8 Å². The summed E-state index contributed by atoms with van der Waals surface area (Å²) in [4.78, 5) is 12.0. The minimum atomic E-state index is -1.16. The molecule has 0 aromatic heterocycles. The number of aliphatic hydroxyl groups is 5. The first-order chi connectivity index (χ1) is 16.5. The van der Waals surface area contributed by atoms with E-state index in [1.54, 1.807) is 0 Å². The number of esters is 1. The van der Waals surface area contributed by atoms with Gasteiger partial charge in [-0.3, -0.25) is 4.79 Å². The van der Waals surface area contributed by atoms with Crippen molar-refractivity contribution in [2.45, 2.75) is 127 Å². The van der Waals surface area contributed by atoms with Gasteiger partial charge in [0.25, 0.3) is 0 Å². The van der Waals surface area contributed by atoms with Crippen LogP contribution in [-0.2, 0) is 14.3 Å². The third-order valence-corrected chi connectivity index (χ3v) is 6.31. The van der Waals surface area contributed by atoms with Crippen molar-refractivity contribution >= 4 is 5.97 Å². The first kappa shape index (κ1) is 31.0. The molecule has 1 saturated heterocycles. The van der Waals surface area contributed by atoms with Crippen molar-refractivity contribution in [1.82, 2.24) is 0 Å². The number of ether oxygens (including phenoxy) is 2. The molecule has 1 rings (SSSR count). The van der Waals surface area contributed by atoms with Gasteiger partial charge in [-0.2, -0.15) is 0 Å². The van der Waals surface area contributed by atoms with E-state index in [-0.39, 0.29) is 19.6 Å². The maximum Gasteiger partial charge on any atom is 0.306 e. The topological polar surface area (TPSA) is 137 Å². The first-order valence-electron chi connectivity index (χ1n) is 13.2. The minimum absolute atomic E-state index is 0.0323. The summed E-state index contributed by atoms with van der Waals surface area (Å²) in [6, 6.07) is 0. The summed E-state index contributed by atoms with van der Waals surface area (Å²) < 4.78 is 10.4. The molecule has 8 nitrogen and oxygen atoms in total. The Bertz CT molecular complexity index is 527. The third-order valence-electron chi connectivity index (χ3n) is 6.31. The van der Waals surface area contributed by atoms with Gasteiger partial charge in [0.2, 0.25) is 0 Å². The molecule has 1 fully saturated rings. The molecular formula is C26H48O8. The van der Waals surface area contributed by atoms with Crippen LogP contribution in [0.5, 0.6) is 0 Å². The fourth-order valence-corrected chi connectivity index (χ4v) is 4.13. The summed E-state index contributed by atoms with van der Waals surface area (Å²) in [5, 5.41) is 46.8. The lowest BCUT2D eigenvalue weighted by atomic mass is 10.1. The van der Waals surface area contributed by atoms with Gasteiger partial charge in [0, 0.05) is 6.42 Å². The predicted molar refractivity (Wildman–Crippen MR) is 130 cm³/mol.